The number of carbonyl (C=O) groups is 1. The third-order valence-corrected chi connectivity index (χ3v) is 4.05. The molecule has 0 aliphatic rings. The van der Waals surface area contributed by atoms with E-state index in [0.717, 1.165) is 23.1 Å². The van der Waals surface area contributed by atoms with Crippen LogP contribution >= 0.6 is 11.8 Å². The quantitative estimate of drug-likeness (QED) is 0.859. The molecule has 106 valence electrons. The van der Waals surface area contributed by atoms with E-state index in [1.807, 2.05) is 42.8 Å². The molecule has 1 N–H and O–H groups in total. The average Bonchev–Trinajstić information content (AvgIpc) is 2.77. The van der Waals surface area contributed by atoms with E-state index in [4.69, 9.17) is 0 Å². The van der Waals surface area contributed by atoms with Crippen LogP contribution in [0.2, 0.25) is 0 Å². The van der Waals surface area contributed by atoms with Gasteiger partial charge in [0.25, 0.3) is 0 Å². The number of rotatable bonds is 5. The number of amides is 1. The van der Waals surface area contributed by atoms with Crippen molar-refractivity contribution in [2.45, 2.75) is 25.4 Å². The fourth-order valence-corrected chi connectivity index (χ4v) is 2.42. The van der Waals surface area contributed by atoms with E-state index >= 15 is 0 Å². The van der Waals surface area contributed by atoms with Crippen molar-refractivity contribution in [1.29, 1.82) is 0 Å². The number of benzene rings is 1. The summed E-state index contributed by atoms with van der Waals surface area (Å²) in [6, 6.07) is 7.89. The standard InChI is InChI=1S/C14H18N4OS/c1-4-11-5-7-12(8-6-11)15-13(19)9-20-14-17-16-10(2)18(14)3/h5-8H,4,9H2,1-3H3,(H,15,19). The predicted molar refractivity (Wildman–Crippen MR) is 80.9 cm³/mol. The number of carbonyl (C=O) groups excluding carboxylic acids is 1. The molecule has 0 saturated heterocycles. The predicted octanol–water partition coefficient (Wildman–Crippen LogP) is 2.42. The van der Waals surface area contributed by atoms with E-state index in [1.165, 1.54) is 17.3 Å². The fourth-order valence-electron chi connectivity index (χ4n) is 1.66. The molecule has 6 heteroatoms. The summed E-state index contributed by atoms with van der Waals surface area (Å²) < 4.78 is 1.87. The van der Waals surface area contributed by atoms with Crippen LogP contribution in [0, 0.1) is 6.92 Å². The lowest BCUT2D eigenvalue weighted by atomic mass is 10.1. The SMILES string of the molecule is CCc1ccc(NC(=O)CSc2nnc(C)n2C)cc1. The molecule has 1 heterocycles. The monoisotopic (exact) mass is 290 g/mol. The minimum absolute atomic E-state index is 0.0418. The number of nitrogens with one attached hydrogen (secondary N) is 1. The smallest absolute Gasteiger partial charge is 0.234 e. The first-order valence-electron chi connectivity index (χ1n) is 6.47. The molecule has 0 atom stereocenters. The zero-order valence-corrected chi connectivity index (χ0v) is 12.7. The summed E-state index contributed by atoms with van der Waals surface area (Å²) >= 11 is 1.38. The van der Waals surface area contributed by atoms with Crippen LogP contribution in [0.1, 0.15) is 18.3 Å². The van der Waals surface area contributed by atoms with Gasteiger partial charge in [0.2, 0.25) is 5.91 Å². The Morgan fingerprint density at radius 3 is 2.55 bits per heavy atom. The lowest BCUT2D eigenvalue weighted by Gasteiger charge is -2.06. The lowest BCUT2D eigenvalue weighted by Crippen LogP contribution is -2.14. The lowest BCUT2D eigenvalue weighted by molar-refractivity contribution is -0.113. The average molecular weight is 290 g/mol. The van der Waals surface area contributed by atoms with Gasteiger partial charge in [0.15, 0.2) is 5.16 Å². The first kappa shape index (κ1) is 14.6. The molecular formula is C14H18N4OS. The van der Waals surface area contributed by atoms with E-state index in [0.29, 0.717) is 5.75 Å². The molecule has 0 fully saturated rings. The molecule has 0 saturated carbocycles. The number of anilines is 1. The van der Waals surface area contributed by atoms with E-state index in [1.54, 1.807) is 0 Å². The number of hydrogen-bond donors (Lipinski definition) is 1. The molecule has 1 amide bonds. The minimum Gasteiger partial charge on any atom is -0.325 e. The first-order valence-corrected chi connectivity index (χ1v) is 7.46. The molecule has 0 radical (unpaired) electrons. The first-order chi connectivity index (χ1) is 9.60. The molecule has 2 aromatic rings. The maximum absolute atomic E-state index is 11.9. The van der Waals surface area contributed by atoms with Crippen LogP contribution in [0.3, 0.4) is 0 Å². The van der Waals surface area contributed by atoms with Gasteiger partial charge in [-0.3, -0.25) is 4.79 Å². The van der Waals surface area contributed by atoms with Crippen LogP contribution in [-0.4, -0.2) is 26.4 Å². The highest BCUT2D eigenvalue weighted by Crippen LogP contribution is 2.16. The molecular weight excluding hydrogens is 272 g/mol. The van der Waals surface area contributed by atoms with Crippen molar-refractivity contribution in [3.05, 3.63) is 35.7 Å². The van der Waals surface area contributed by atoms with Crippen molar-refractivity contribution in [1.82, 2.24) is 14.8 Å². The number of aryl methyl sites for hydroxylation is 2. The van der Waals surface area contributed by atoms with Gasteiger partial charge in [-0.05, 0) is 31.0 Å². The van der Waals surface area contributed by atoms with Gasteiger partial charge in [0.05, 0.1) is 5.75 Å². The van der Waals surface area contributed by atoms with E-state index < -0.39 is 0 Å². The van der Waals surface area contributed by atoms with Gasteiger partial charge in [0.1, 0.15) is 5.82 Å². The van der Waals surface area contributed by atoms with Crippen molar-refractivity contribution in [3.8, 4) is 0 Å². The van der Waals surface area contributed by atoms with Crippen LogP contribution in [0.4, 0.5) is 5.69 Å². The van der Waals surface area contributed by atoms with Crippen molar-refractivity contribution < 1.29 is 4.79 Å². The zero-order chi connectivity index (χ0) is 14.5. The summed E-state index contributed by atoms with van der Waals surface area (Å²) in [5.41, 5.74) is 2.08. The number of thioether (sulfide) groups is 1. The van der Waals surface area contributed by atoms with Gasteiger partial charge < -0.3 is 9.88 Å². The number of hydrogen-bond acceptors (Lipinski definition) is 4. The molecule has 20 heavy (non-hydrogen) atoms. The molecule has 1 aromatic carbocycles. The molecule has 5 nitrogen and oxygen atoms in total. The highest BCUT2D eigenvalue weighted by atomic mass is 32.2. The van der Waals surface area contributed by atoms with Crippen LogP contribution in [0.15, 0.2) is 29.4 Å². The van der Waals surface area contributed by atoms with Gasteiger partial charge in [-0.25, -0.2) is 0 Å². The summed E-state index contributed by atoms with van der Waals surface area (Å²) in [7, 11) is 1.89. The highest BCUT2D eigenvalue weighted by molar-refractivity contribution is 7.99. The Morgan fingerprint density at radius 2 is 2.00 bits per heavy atom. The summed E-state index contributed by atoms with van der Waals surface area (Å²) in [5, 5.41) is 11.6. The molecule has 0 unspecified atom stereocenters. The molecule has 0 aliphatic heterocycles. The van der Waals surface area contributed by atoms with E-state index in [-0.39, 0.29) is 5.91 Å². The normalized spacial score (nSPS) is 10.6. The topological polar surface area (TPSA) is 59.8 Å². The number of nitrogens with zero attached hydrogens (tertiary/aromatic N) is 3. The van der Waals surface area contributed by atoms with Gasteiger partial charge in [-0.2, -0.15) is 0 Å². The van der Waals surface area contributed by atoms with E-state index in [9.17, 15) is 4.79 Å². The van der Waals surface area contributed by atoms with Crippen molar-refractivity contribution in [3.63, 3.8) is 0 Å². The highest BCUT2D eigenvalue weighted by Gasteiger charge is 2.09. The Balaban J connectivity index is 1.87. The maximum Gasteiger partial charge on any atom is 0.234 e. The van der Waals surface area contributed by atoms with Gasteiger partial charge >= 0.3 is 0 Å². The van der Waals surface area contributed by atoms with Crippen molar-refractivity contribution >= 4 is 23.4 Å². The van der Waals surface area contributed by atoms with Crippen LogP contribution < -0.4 is 5.32 Å². The third-order valence-electron chi connectivity index (χ3n) is 3.03. The van der Waals surface area contributed by atoms with Gasteiger partial charge in [0, 0.05) is 12.7 Å². The second-order valence-electron chi connectivity index (χ2n) is 4.48. The summed E-state index contributed by atoms with van der Waals surface area (Å²) in [4.78, 5) is 11.9. The fraction of sp³-hybridized carbons (Fsp3) is 0.357. The maximum atomic E-state index is 11.9. The Bertz CT molecular complexity index is 592. The van der Waals surface area contributed by atoms with E-state index in [2.05, 4.69) is 22.4 Å². The zero-order valence-electron chi connectivity index (χ0n) is 11.9. The molecule has 0 spiro atoms. The summed E-state index contributed by atoms with van der Waals surface area (Å²) in [6.45, 7) is 3.99. The summed E-state index contributed by atoms with van der Waals surface area (Å²) in [5.74, 6) is 1.12. The number of aromatic nitrogens is 3. The Labute approximate surface area is 122 Å². The Morgan fingerprint density at radius 1 is 1.30 bits per heavy atom. The minimum atomic E-state index is -0.0418. The van der Waals surface area contributed by atoms with Crippen molar-refractivity contribution in [2.24, 2.45) is 7.05 Å². The largest absolute Gasteiger partial charge is 0.325 e. The second-order valence-corrected chi connectivity index (χ2v) is 5.42. The van der Waals surface area contributed by atoms with Gasteiger partial charge in [-0.15, -0.1) is 10.2 Å². The molecule has 2 rings (SSSR count). The van der Waals surface area contributed by atoms with Crippen LogP contribution in [0.5, 0.6) is 0 Å². The molecule has 1 aromatic heterocycles. The van der Waals surface area contributed by atoms with Crippen LogP contribution in [-0.2, 0) is 18.3 Å². The second kappa shape index (κ2) is 6.56. The van der Waals surface area contributed by atoms with Gasteiger partial charge in [-0.1, -0.05) is 30.8 Å². The van der Waals surface area contributed by atoms with Crippen LogP contribution in [0.25, 0.3) is 0 Å². The third kappa shape index (κ3) is 3.60. The Hall–Kier alpha value is -1.82. The molecule has 0 aliphatic carbocycles. The Kier molecular flexibility index (Phi) is 4.79. The molecule has 0 bridgehead atoms. The summed E-state index contributed by atoms with van der Waals surface area (Å²) in [6.07, 6.45) is 0.996. The van der Waals surface area contributed by atoms with Crippen molar-refractivity contribution in [2.75, 3.05) is 11.1 Å².